The van der Waals surface area contributed by atoms with Crippen molar-refractivity contribution in [2.24, 2.45) is 0 Å². The lowest BCUT2D eigenvalue weighted by atomic mass is 9.85. The molecule has 0 saturated heterocycles. The molecule has 0 aliphatic heterocycles. The number of hydrogen-bond acceptors (Lipinski definition) is 1. The molecule has 0 radical (unpaired) electrons. The second-order valence-electron chi connectivity index (χ2n) is 10.6. The number of hydrogen-bond donors (Lipinski definition) is 0. The maximum Gasteiger partial charge on any atom is 0.0538 e. The minimum atomic E-state index is -0.0747. The molecule has 0 saturated carbocycles. The Morgan fingerprint density at radius 3 is 2.14 bits per heavy atom. The summed E-state index contributed by atoms with van der Waals surface area (Å²) in [7, 11) is 0. The molecule has 8 rings (SSSR count). The van der Waals surface area contributed by atoms with Crippen LogP contribution in [0.25, 0.3) is 59.0 Å². The fourth-order valence-corrected chi connectivity index (χ4v) is 7.54. The van der Waals surface area contributed by atoms with Crippen molar-refractivity contribution >= 4 is 42.4 Å². The molecule has 2 heteroatoms. The fraction of sp³-hybridized carbons (Fsp3) is 0.0857. The van der Waals surface area contributed by atoms with Crippen molar-refractivity contribution in [2.45, 2.75) is 19.3 Å². The van der Waals surface area contributed by atoms with Gasteiger partial charge in [-0.15, -0.1) is 11.3 Å². The molecule has 0 N–H and O–H groups in total. The minimum Gasteiger partial charge on any atom is -0.312 e. The van der Waals surface area contributed by atoms with Gasteiger partial charge in [0.25, 0.3) is 0 Å². The van der Waals surface area contributed by atoms with Crippen LogP contribution in [-0.4, -0.2) is 4.57 Å². The standard InChI is InChI=1S/C35H25NS/c1-35(2)29-12-6-3-10-26(29)33-27-11-4-7-13-30(27)36(34(33)35)24-18-15-22(16-19-24)23-17-20-32-28(21-23)25-9-5-8-14-31(25)37-32/h3-21H,1-2H3. The van der Waals surface area contributed by atoms with Gasteiger partial charge in [-0.2, -0.15) is 0 Å². The van der Waals surface area contributed by atoms with Crippen molar-refractivity contribution in [1.29, 1.82) is 0 Å². The first-order chi connectivity index (χ1) is 18.1. The van der Waals surface area contributed by atoms with Crippen molar-refractivity contribution in [1.82, 2.24) is 4.57 Å². The van der Waals surface area contributed by atoms with E-state index in [0.29, 0.717) is 0 Å². The van der Waals surface area contributed by atoms with Gasteiger partial charge in [-0.05, 0) is 58.7 Å². The molecule has 0 fully saturated rings. The van der Waals surface area contributed by atoms with E-state index in [1.165, 1.54) is 70.3 Å². The Hall–Kier alpha value is -4.14. The summed E-state index contributed by atoms with van der Waals surface area (Å²) in [6.45, 7) is 4.73. The zero-order valence-electron chi connectivity index (χ0n) is 20.8. The van der Waals surface area contributed by atoms with Crippen LogP contribution in [-0.2, 0) is 5.41 Å². The van der Waals surface area contributed by atoms with Gasteiger partial charge in [0.2, 0.25) is 0 Å². The van der Waals surface area contributed by atoms with Crippen LogP contribution in [0.2, 0.25) is 0 Å². The molecule has 1 nitrogen and oxygen atoms in total. The molecule has 0 unspecified atom stereocenters. The van der Waals surface area contributed by atoms with Crippen LogP contribution < -0.4 is 0 Å². The number of para-hydroxylation sites is 1. The Morgan fingerprint density at radius 2 is 1.27 bits per heavy atom. The summed E-state index contributed by atoms with van der Waals surface area (Å²) >= 11 is 1.87. The van der Waals surface area contributed by atoms with Gasteiger partial charge >= 0.3 is 0 Å². The lowest BCUT2D eigenvalue weighted by Gasteiger charge is -2.24. The van der Waals surface area contributed by atoms with Crippen LogP contribution in [0.5, 0.6) is 0 Å². The maximum absolute atomic E-state index is 2.49. The predicted octanol–water partition coefficient (Wildman–Crippen LogP) is 9.97. The normalized spacial score (nSPS) is 13.9. The second kappa shape index (κ2) is 7.44. The fourth-order valence-electron chi connectivity index (χ4n) is 6.45. The first-order valence-electron chi connectivity index (χ1n) is 12.9. The predicted molar refractivity (Wildman–Crippen MR) is 159 cm³/mol. The summed E-state index contributed by atoms with van der Waals surface area (Å²) < 4.78 is 5.18. The molecular weight excluding hydrogens is 466 g/mol. The Morgan fingerprint density at radius 1 is 0.595 bits per heavy atom. The number of rotatable bonds is 2. The highest BCUT2D eigenvalue weighted by Gasteiger charge is 2.40. The highest BCUT2D eigenvalue weighted by molar-refractivity contribution is 7.25. The summed E-state index contributed by atoms with van der Waals surface area (Å²) in [6.07, 6.45) is 0. The highest BCUT2D eigenvalue weighted by Crippen LogP contribution is 2.53. The molecule has 2 heterocycles. The first-order valence-corrected chi connectivity index (χ1v) is 13.7. The third kappa shape index (κ3) is 2.85. The van der Waals surface area contributed by atoms with Crippen LogP contribution in [0.1, 0.15) is 25.1 Å². The Kier molecular flexibility index (Phi) is 4.22. The van der Waals surface area contributed by atoms with E-state index in [4.69, 9.17) is 0 Å². The second-order valence-corrected chi connectivity index (χ2v) is 11.7. The molecule has 0 bridgehead atoms. The van der Waals surface area contributed by atoms with E-state index in [9.17, 15) is 0 Å². The van der Waals surface area contributed by atoms with Gasteiger partial charge in [0.05, 0.1) is 5.52 Å². The van der Waals surface area contributed by atoms with Crippen molar-refractivity contribution in [3.8, 4) is 27.9 Å². The van der Waals surface area contributed by atoms with Gasteiger partial charge in [-0.25, -0.2) is 0 Å². The maximum atomic E-state index is 2.49. The molecule has 0 atom stereocenters. The average molecular weight is 492 g/mol. The van der Waals surface area contributed by atoms with Crippen molar-refractivity contribution in [3.63, 3.8) is 0 Å². The van der Waals surface area contributed by atoms with Gasteiger partial charge in [0.1, 0.15) is 0 Å². The quantitative estimate of drug-likeness (QED) is 0.227. The molecule has 176 valence electrons. The van der Waals surface area contributed by atoms with Gasteiger partial charge in [0.15, 0.2) is 0 Å². The van der Waals surface area contributed by atoms with E-state index >= 15 is 0 Å². The van der Waals surface area contributed by atoms with Crippen molar-refractivity contribution in [3.05, 3.63) is 127 Å². The van der Waals surface area contributed by atoms with E-state index in [0.717, 1.165) is 0 Å². The third-order valence-electron chi connectivity index (χ3n) is 8.17. The first kappa shape index (κ1) is 21.0. The van der Waals surface area contributed by atoms with Gasteiger partial charge in [-0.3, -0.25) is 0 Å². The Labute approximate surface area is 220 Å². The van der Waals surface area contributed by atoms with Crippen LogP contribution in [0, 0.1) is 0 Å². The summed E-state index contributed by atoms with van der Waals surface area (Å²) in [4.78, 5) is 0. The van der Waals surface area contributed by atoms with E-state index in [2.05, 4.69) is 134 Å². The minimum absolute atomic E-state index is 0.0747. The Balaban J connectivity index is 1.30. The monoisotopic (exact) mass is 491 g/mol. The molecule has 7 aromatic rings. The summed E-state index contributed by atoms with van der Waals surface area (Å²) in [5, 5.41) is 4.02. The number of nitrogens with zero attached hydrogens (tertiary/aromatic N) is 1. The van der Waals surface area contributed by atoms with E-state index in [-0.39, 0.29) is 5.41 Å². The van der Waals surface area contributed by atoms with E-state index < -0.39 is 0 Å². The third-order valence-corrected chi connectivity index (χ3v) is 9.32. The van der Waals surface area contributed by atoms with E-state index in [1.54, 1.807) is 0 Å². The number of thiophene rings is 1. The lowest BCUT2D eigenvalue weighted by Crippen LogP contribution is -2.19. The number of benzene rings is 5. The van der Waals surface area contributed by atoms with Crippen LogP contribution in [0.3, 0.4) is 0 Å². The van der Waals surface area contributed by atoms with Crippen LogP contribution in [0.4, 0.5) is 0 Å². The van der Waals surface area contributed by atoms with Gasteiger partial charge in [-0.1, -0.05) is 92.7 Å². The molecule has 5 aromatic carbocycles. The largest absolute Gasteiger partial charge is 0.312 e. The van der Waals surface area contributed by atoms with Crippen molar-refractivity contribution in [2.75, 3.05) is 0 Å². The molecule has 1 aliphatic carbocycles. The highest BCUT2D eigenvalue weighted by atomic mass is 32.1. The van der Waals surface area contributed by atoms with Crippen molar-refractivity contribution < 1.29 is 0 Å². The lowest BCUT2D eigenvalue weighted by molar-refractivity contribution is 0.624. The number of aromatic nitrogens is 1. The zero-order valence-corrected chi connectivity index (χ0v) is 21.6. The molecule has 0 amide bonds. The topological polar surface area (TPSA) is 4.93 Å². The van der Waals surface area contributed by atoms with E-state index in [1.807, 2.05) is 11.3 Å². The van der Waals surface area contributed by atoms with Gasteiger partial charge in [0, 0.05) is 47.9 Å². The molecular formula is C35H25NS. The summed E-state index contributed by atoms with van der Waals surface area (Å²) in [5.41, 5.74) is 10.5. The SMILES string of the molecule is CC1(C)c2ccccc2-c2c1n(-c1ccc(-c3ccc4sc5ccccc5c4c3)cc1)c1ccccc21. The van der Waals surface area contributed by atoms with Gasteiger partial charge < -0.3 is 4.57 Å². The summed E-state index contributed by atoms with van der Waals surface area (Å²) in [6, 6.07) is 42.5. The zero-order chi connectivity index (χ0) is 24.7. The Bertz CT molecular complexity index is 2000. The van der Waals surface area contributed by atoms with Crippen LogP contribution >= 0.6 is 11.3 Å². The molecule has 0 spiro atoms. The smallest absolute Gasteiger partial charge is 0.0538 e. The average Bonchev–Trinajstić information content (AvgIpc) is 3.56. The molecule has 1 aliphatic rings. The molecule has 37 heavy (non-hydrogen) atoms. The molecule has 2 aromatic heterocycles. The number of fused-ring (bicyclic) bond motifs is 8. The summed E-state index contributed by atoms with van der Waals surface area (Å²) in [5.74, 6) is 0. The van der Waals surface area contributed by atoms with Crippen LogP contribution in [0.15, 0.2) is 115 Å².